The van der Waals surface area contributed by atoms with E-state index in [1.54, 1.807) is 0 Å². The van der Waals surface area contributed by atoms with Crippen molar-refractivity contribution in [1.29, 1.82) is 0 Å². The van der Waals surface area contributed by atoms with E-state index in [1.807, 2.05) is 47.7 Å². The van der Waals surface area contributed by atoms with Gasteiger partial charge in [0.05, 0.1) is 21.4 Å². The number of rotatable bonds is 4. The lowest BCUT2D eigenvalue weighted by Crippen LogP contribution is -2.00. The molecule has 0 radical (unpaired) electrons. The molecule has 0 fully saturated rings. The van der Waals surface area contributed by atoms with Gasteiger partial charge in [-0.05, 0) is 22.9 Å². The Morgan fingerprint density at radius 3 is 1.42 bits per heavy atom. The fraction of sp³-hybridized carbons (Fsp3) is 0. The number of thiophene rings is 1. The van der Waals surface area contributed by atoms with Crippen molar-refractivity contribution in [2.75, 3.05) is 0 Å². The van der Waals surface area contributed by atoms with Crippen LogP contribution in [-0.2, 0) is 0 Å². The smallest absolute Gasteiger partial charge is 0.165 e. The largest absolute Gasteiger partial charge is 0.307 e. The molecule has 8 aromatic carbocycles. The Labute approximate surface area is 302 Å². The Kier molecular flexibility index (Phi) is 6.39. The van der Waals surface area contributed by atoms with Crippen molar-refractivity contribution in [3.05, 3.63) is 170 Å². The zero-order valence-electron chi connectivity index (χ0n) is 27.9. The van der Waals surface area contributed by atoms with Gasteiger partial charge in [-0.1, -0.05) is 158 Å². The summed E-state index contributed by atoms with van der Waals surface area (Å²) in [5.41, 5.74) is 6.54. The van der Waals surface area contributed by atoms with Crippen molar-refractivity contribution in [3.8, 4) is 39.9 Å². The molecule has 0 saturated carbocycles. The number of benzene rings is 8. The van der Waals surface area contributed by atoms with E-state index in [4.69, 9.17) is 15.0 Å². The SMILES string of the molecule is c1ccc(-c2nc(-c3ccccc3)nc(-c3cccc4c3sc3c(-n5c6c7ccccc7ccc6c6ccc7ccccc7c65)cccc34)n2)cc1. The van der Waals surface area contributed by atoms with Crippen LogP contribution in [0.1, 0.15) is 0 Å². The van der Waals surface area contributed by atoms with Crippen molar-refractivity contribution in [2.45, 2.75) is 0 Å². The molecule has 0 aliphatic heterocycles. The van der Waals surface area contributed by atoms with Crippen LogP contribution < -0.4 is 0 Å². The fourth-order valence-corrected chi connectivity index (χ4v) is 9.18. The second kappa shape index (κ2) is 11.4. The van der Waals surface area contributed by atoms with Gasteiger partial charge in [-0.3, -0.25) is 0 Å². The maximum Gasteiger partial charge on any atom is 0.165 e. The third-order valence-electron chi connectivity index (χ3n) is 10.2. The molecule has 3 aromatic heterocycles. The summed E-state index contributed by atoms with van der Waals surface area (Å²) in [4.78, 5) is 15.2. The number of aromatic nitrogens is 4. The lowest BCUT2D eigenvalue weighted by molar-refractivity contribution is 1.08. The van der Waals surface area contributed by atoms with E-state index < -0.39 is 0 Å². The van der Waals surface area contributed by atoms with E-state index >= 15 is 0 Å². The Balaban J connectivity index is 1.23. The first-order valence-electron chi connectivity index (χ1n) is 17.5. The summed E-state index contributed by atoms with van der Waals surface area (Å²) < 4.78 is 4.91. The minimum Gasteiger partial charge on any atom is -0.307 e. The molecular weight excluding hydrogens is 653 g/mol. The molecule has 11 rings (SSSR count). The monoisotopic (exact) mass is 680 g/mol. The van der Waals surface area contributed by atoms with Crippen molar-refractivity contribution < 1.29 is 0 Å². The van der Waals surface area contributed by atoms with Crippen LogP contribution in [0, 0.1) is 0 Å². The van der Waals surface area contributed by atoms with Gasteiger partial charge >= 0.3 is 0 Å². The van der Waals surface area contributed by atoms with E-state index in [0.29, 0.717) is 17.5 Å². The molecule has 0 aliphatic carbocycles. The van der Waals surface area contributed by atoms with Gasteiger partial charge in [-0.25, -0.2) is 15.0 Å². The van der Waals surface area contributed by atoms with Crippen LogP contribution in [0.4, 0.5) is 0 Å². The van der Waals surface area contributed by atoms with Gasteiger partial charge < -0.3 is 4.57 Å². The number of fused-ring (bicyclic) bond motifs is 10. The zero-order chi connectivity index (χ0) is 34.2. The number of nitrogens with zero attached hydrogens (tertiary/aromatic N) is 4. The van der Waals surface area contributed by atoms with Crippen LogP contribution in [0.2, 0.25) is 0 Å². The summed E-state index contributed by atoms with van der Waals surface area (Å²) in [5.74, 6) is 1.99. The normalized spacial score (nSPS) is 11.8. The number of hydrogen-bond acceptors (Lipinski definition) is 4. The van der Waals surface area contributed by atoms with Crippen molar-refractivity contribution >= 4 is 74.9 Å². The van der Waals surface area contributed by atoms with Crippen LogP contribution in [0.25, 0.3) is 103 Å². The quantitative estimate of drug-likeness (QED) is 0.186. The van der Waals surface area contributed by atoms with Gasteiger partial charge in [0.15, 0.2) is 17.5 Å². The predicted molar refractivity (Wildman–Crippen MR) is 218 cm³/mol. The highest BCUT2D eigenvalue weighted by Gasteiger charge is 2.22. The highest BCUT2D eigenvalue weighted by atomic mass is 32.1. The highest BCUT2D eigenvalue weighted by Crippen LogP contribution is 2.46. The molecule has 3 heterocycles. The summed E-state index contributed by atoms with van der Waals surface area (Å²) >= 11 is 1.82. The van der Waals surface area contributed by atoms with E-state index in [-0.39, 0.29) is 0 Å². The molecule has 4 nitrogen and oxygen atoms in total. The molecule has 242 valence electrons. The van der Waals surface area contributed by atoms with E-state index in [1.165, 1.54) is 64.5 Å². The molecule has 11 aromatic rings. The molecule has 0 spiro atoms. The van der Waals surface area contributed by atoms with Crippen LogP contribution in [0.15, 0.2) is 170 Å². The summed E-state index contributed by atoms with van der Waals surface area (Å²) in [6.07, 6.45) is 0. The second-order valence-electron chi connectivity index (χ2n) is 13.2. The van der Waals surface area contributed by atoms with Gasteiger partial charge in [-0.15, -0.1) is 11.3 Å². The third kappa shape index (κ3) is 4.36. The second-order valence-corrected chi connectivity index (χ2v) is 14.2. The van der Waals surface area contributed by atoms with Gasteiger partial charge in [0.2, 0.25) is 0 Å². The lowest BCUT2D eigenvalue weighted by atomic mass is 10.0. The molecule has 0 aliphatic rings. The van der Waals surface area contributed by atoms with Crippen LogP contribution >= 0.6 is 11.3 Å². The van der Waals surface area contributed by atoms with Crippen molar-refractivity contribution in [3.63, 3.8) is 0 Å². The molecule has 0 saturated heterocycles. The zero-order valence-corrected chi connectivity index (χ0v) is 28.7. The first-order valence-corrected chi connectivity index (χ1v) is 18.3. The molecule has 52 heavy (non-hydrogen) atoms. The van der Waals surface area contributed by atoms with Crippen LogP contribution in [0.5, 0.6) is 0 Å². The fourth-order valence-electron chi connectivity index (χ4n) is 7.87. The number of hydrogen-bond donors (Lipinski definition) is 0. The average molecular weight is 681 g/mol. The molecular formula is C47H28N4S. The minimum absolute atomic E-state index is 0.660. The van der Waals surface area contributed by atoms with E-state index in [0.717, 1.165) is 21.4 Å². The average Bonchev–Trinajstić information content (AvgIpc) is 3.78. The van der Waals surface area contributed by atoms with E-state index in [2.05, 4.69) is 138 Å². The van der Waals surface area contributed by atoms with Crippen molar-refractivity contribution in [2.24, 2.45) is 0 Å². The van der Waals surface area contributed by atoms with Gasteiger partial charge in [0, 0.05) is 53.7 Å². The Morgan fingerprint density at radius 2 is 0.827 bits per heavy atom. The highest BCUT2D eigenvalue weighted by molar-refractivity contribution is 7.26. The van der Waals surface area contributed by atoms with Gasteiger partial charge in [-0.2, -0.15) is 0 Å². The molecule has 0 unspecified atom stereocenters. The maximum absolute atomic E-state index is 5.12. The van der Waals surface area contributed by atoms with Gasteiger partial charge in [0.1, 0.15) is 0 Å². The lowest BCUT2D eigenvalue weighted by Gasteiger charge is -2.12. The summed E-state index contributed by atoms with van der Waals surface area (Å²) in [7, 11) is 0. The summed E-state index contributed by atoms with van der Waals surface area (Å²) in [6, 6.07) is 60.2. The first kappa shape index (κ1) is 29.1. The summed E-state index contributed by atoms with van der Waals surface area (Å²) in [6.45, 7) is 0. The maximum atomic E-state index is 5.12. The molecule has 0 bridgehead atoms. The van der Waals surface area contributed by atoms with Crippen molar-refractivity contribution in [1.82, 2.24) is 19.5 Å². The van der Waals surface area contributed by atoms with Gasteiger partial charge in [0.25, 0.3) is 0 Å². The Morgan fingerprint density at radius 1 is 0.346 bits per heavy atom. The molecule has 0 atom stereocenters. The van der Waals surface area contributed by atoms with Crippen LogP contribution in [0.3, 0.4) is 0 Å². The molecule has 0 amide bonds. The topological polar surface area (TPSA) is 43.6 Å². The van der Waals surface area contributed by atoms with E-state index in [9.17, 15) is 0 Å². The molecule has 5 heteroatoms. The first-order chi connectivity index (χ1) is 25.8. The molecule has 0 N–H and O–H groups in total. The minimum atomic E-state index is 0.660. The standard InChI is InChI=1S/C47H28N4S/c1-3-15-31(16-4-1)45-48-46(32-17-5-2-6-18-32)50-47(49-45)39-23-11-21-37-38-22-12-24-40(44(38)52-43(37)39)51-41-33-19-9-7-13-29(33)25-27-35(41)36-28-26-30-14-8-10-20-34(30)42(36)51/h1-28H. The predicted octanol–water partition coefficient (Wildman–Crippen LogP) is 12.6. The third-order valence-corrected chi connectivity index (χ3v) is 11.5. The van der Waals surface area contributed by atoms with Crippen LogP contribution in [-0.4, -0.2) is 19.5 Å². The summed E-state index contributed by atoms with van der Waals surface area (Å²) in [5, 5.41) is 9.86. The Bertz CT molecular complexity index is 3030. The Hall–Kier alpha value is -6.69.